The molecule has 0 radical (unpaired) electrons. The van der Waals surface area contributed by atoms with Gasteiger partial charge in [-0.1, -0.05) is 6.07 Å². The van der Waals surface area contributed by atoms with Crippen molar-refractivity contribution in [3.05, 3.63) is 72.4 Å². The summed E-state index contributed by atoms with van der Waals surface area (Å²) in [5, 5.41) is 7.40. The molecule has 1 aliphatic rings. The Hall–Kier alpha value is -4.11. The first-order valence-corrected chi connectivity index (χ1v) is 10.5. The highest BCUT2D eigenvalue weighted by atomic mass is 16.6. The number of aryl methyl sites for hydroxylation is 2. The highest BCUT2D eigenvalue weighted by Crippen LogP contribution is 2.27. The SMILES string of the molecule is Cc1ccc(C(=O)Nc2cn(C)nc2-c2ccc(OC3COC3)cn2)nc1-c1cccnc1. The molecule has 9 nitrogen and oxygen atoms in total. The number of ether oxygens (including phenoxy) is 2. The van der Waals surface area contributed by atoms with E-state index in [9.17, 15) is 4.79 Å². The molecular weight excluding hydrogens is 420 g/mol. The molecule has 5 heterocycles. The summed E-state index contributed by atoms with van der Waals surface area (Å²) in [6.45, 7) is 3.13. The van der Waals surface area contributed by atoms with Gasteiger partial charge >= 0.3 is 0 Å². The minimum absolute atomic E-state index is 0.0703. The summed E-state index contributed by atoms with van der Waals surface area (Å²) >= 11 is 0. The van der Waals surface area contributed by atoms with E-state index < -0.39 is 0 Å². The fraction of sp³-hybridized carbons (Fsp3) is 0.208. The van der Waals surface area contributed by atoms with Crippen molar-refractivity contribution in [1.82, 2.24) is 24.7 Å². The van der Waals surface area contributed by atoms with Crippen LogP contribution in [0.1, 0.15) is 16.1 Å². The van der Waals surface area contributed by atoms with Crippen molar-refractivity contribution in [2.45, 2.75) is 13.0 Å². The lowest BCUT2D eigenvalue weighted by Crippen LogP contribution is -2.38. The third-order valence-electron chi connectivity index (χ3n) is 5.23. The highest BCUT2D eigenvalue weighted by molar-refractivity contribution is 6.04. The molecule has 1 amide bonds. The number of amides is 1. The van der Waals surface area contributed by atoms with Gasteiger partial charge in [-0.05, 0) is 42.8 Å². The number of hydrogen-bond donors (Lipinski definition) is 1. The first-order chi connectivity index (χ1) is 16.1. The summed E-state index contributed by atoms with van der Waals surface area (Å²) in [5.74, 6) is 0.333. The molecule has 1 saturated heterocycles. The van der Waals surface area contributed by atoms with E-state index in [4.69, 9.17) is 9.47 Å². The van der Waals surface area contributed by atoms with Crippen molar-refractivity contribution in [1.29, 1.82) is 0 Å². The second-order valence-corrected chi connectivity index (χ2v) is 7.78. The van der Waals surface area contributed by atoms with Crippen molar-refractivity contribution in [2.24, 2.45) is 7.05 Å². The molecule has 4 aromatic rings. The van der Waals surface area contributed by atoms with Gasteiger partial charge in [0.05, 0.1) is 36.5 Å². The van der Waals surface area contributed by atoms with Crippen LogP contribution in [0.4, 0.5) is 5.69 Å². The average molecular weight is 442 g/mol. The summed E-state index contributed by atoms with van der Waals surface area (Å²) in [7, 11) is 1.79. The van der Waals surface area contributed by atoms with Crippen molar-refractivity contribution >= 4 is 11.6 Å². The second kappa shape index (κ2) is 8.79. The van der Waals surface area contributed by atoms with Crippen molar-refractivity contribution < 1.29 is 14.3 Å². The lowest BCUT2D eigenvalue weighted by Gasteiger charge is -2.26. The standard InChI is InChI=1S/C24H22N6O3/c1-15-5-7-20(27-22(15)16-4-3-9-25-10-16)24(31)28-21-12-30(2)29-23(21)19-8-6-17(11-26-19)33-18-13-32-14-18/h3-12,18H,13-14H2,1-2H3,(H,28,31). The predicted molar refractivity (Wildman–Crippen MR) is 122 cm³/mol. The molecule has 0 bridgehead atoms. The normalized spacial score (nSPS) is 13.4. The van der Waals surface area contributed by atoms with Gasteiger partial charge in [0, 0.05) is 31.2 Å². The summed E-state index contributed by atoms with van der Waals surface area (Å²) in [6, 6.07) is 11.0. The van der Waals surface area contributed by atoms with Gasteiger partial charge in [0.1, 0.15) is 23.2 Å². The van der Waals surface area contributed by atoms with Crippen molar-refractivity contribution in [3.63, 3.8) is 0 Å². The van der Waals surface area contributed by atoms with Gasteiger partial charge in [-0.2, -0.15) is 5.10 Å². The summed E-state index contributed by atoms with van der Waals surface area (Å²) in [4.78, 5) is 26.2. The van der Waals surface area contributed by atoms with Crippen LogP contribution in [0.25, 0.3) is 22.6 Å². The van der Waals surface area contributed by atoms with E-state index in [0.29, 0.717) is 41.7 Å². The molecular formula is C24H22N6O3. The van der Waals surface area contributed by atoms with Gasteiger partial charge in [-0.3, -0.25) is 19.4 Å². The maximum absolute atomic E-state index is 13.0. The number of rotatable bonds is 6. The molecule has 0 unspecified atom stereocenters. The Morgan fingerprint density at radius 1 is 1.15 bits per heavy atom. The molecule has 1 aliphatic heterocycles. The van der Waals surface area contributed by atoms with E-state index >= 15 is 0 Å². The monoisotopic (exact) mass is 442 g/mol. The molecule has 5 rings (SSSR count). The Bertz CT molecular complexity index is 1280. The number of carbonyl (C=O) groups excluding carboxylic acids is 1. The zero-order valence-corrected chi connectivity index (χ0v) is 18.2. The van der Waals surface area contributed by atoms with Crippen LogP contribution >= 0.6 is 0 Å². The molecule has 33 heavy (non-hydrogen) atoms. The summed E-state index contributed by atoms with van der Waals surface area (Å²) < 4.78 is 12.5. The summed E-state index contributed by atoms with van der Waals surface area (Å²) in [5.41, 5.74) is 4.56. The molecule has 1 N–H and O–H groups in total. The fourth-order valence-corrected chi connectivity index (χ4v) is 3.47. The van der Waals surface area contributed by atoms with Crippen LogP contribution in [0.5, 0.6) is 5.75 Å². The lowest BCUT2D eigenvalue weighted by molar-refractivity contribution is -0.0797. The Balaban J connectivity index is 1.38. The molecule has 1 fully saturated rings. The van der Waals surface area contributed by atoms with E-state index in [1.807, 2.05) is 37.3 Å². The minimum Gasteiger partial charge on any atom is -0.484 e. The van der Waals surface area contributed by atoms with Crippen LogP contribution in [0.15, 0.2) is 61.2 Å². The highest BCUT2D eigenvalue weighted by Gasteiger charge is 2.21. The van der Waals surface area contributed by atoms with Crippen molar-refractivity contribution in [3.8, 4) is 28.4 Å². The molecule has 0 saturated carbocycles. The van der Waals surface area contributed by atoms with Crippen LogP contribution in [0, 0.1) is 6.92 Å². The van der Waals surface area contributed by atoms with E-state index in [-0.39, 0.29) is 12.0 Å². The van der Waals surface area contributed by atoms with Gasteiger partial charge < -0.3 is 14.8 Å². The molecule has 0 atom stereocenters. The topological polar surface area (TPSA) is 104 Å². The minimum atomic E-state index is -0.334. The molecule has 166 valence electrons. The van der Waals surface area contributed by atoms with Gasteiger partial charge in [-0.15, -0.1) is 0 Å². The van der Waals surface area contributed by atoms with Crippen LogP contribution in [-0.2, 0) is 11.8 Å². The van der Waals surface area contributed by atoms with Crippen LogP contribution < -0.4 is 10.1 Å². The predicted octanol–water partition coefficient (Wildman–Crippen LogP) is 3.28. The van der Waals surface area contributed by atoms with Crippen LogP contribution in [-0.4, -0.2) is 50.0 Å². The zero-order chi connectivity index (χ0) is 22.8. The Kier molecular flexibility index (Phi) is 5.54. The number of nitrogens with zero attached hydrogens (tertiary/aromatic N) is 5. The van der Waals surface area contributed by atoms with Gasteiger partial charge in [0.2, 0.25) is 0 Å². The van der Waals surface area contributed by atoms with E-state index in [1.54, 1.807) is 42.6 Å². The number of aromatic nitrogens is 5. The zero-order valence-electron chi connectivity index (χ0n) is 18.2. The number of hydrogen-bond acceptors (Lipinski definition) is 7. The third kappa shape index (κ3) is 4.44. The number of carbonyl (C=O) groups is 1. The molecule has 0 aliphatic carbocycles. The van der Waals surface area contributed by atoms with Gasteiger partial charge in [0.25, 0.3) is 5.91 Å². The molecule has 4 aromatic heterocycles. The smallest absolute Gasteiger partial charge is 0.274 e. The average Bonchev–Trinajstić information content (AvgIpc) is 3.17. The quantitative estimate of drug-likeness (QED) is 0.489. The largest absolute Gasteiger partial charge is 0.484 e. The summed E-state index contributed by atoms with van der Waals surface area (Å²) in [6.07, 6.45) is 6.89. The first kappa shape index (κ1) is 20.8. The number of pyridine rings is 3. The number of nitrogens with one attached hydrogen (secondary N) is 1. The number of anilines is 1. The molecule has 9 heteroatoms. The lowest BCUT2D eigenvalue weighted by atomic mass is 10.1. The molecule has 0 spiro atoms. The Labute approximate surface area is 190 Å². The van der Waals surface area contributed by atoms with E-state index in [0.717, 1.165) is 16.8 Å². The molecule has 0 aromatic carbocycles. The van der Waals surface area contributed by atoms with Gasteiger partial charge in [0.15, 0.2) is 0 Å². The maximum Gasteiger partial charge on any atom is 0.274 e. The van der Waals surface area contributed by atoms with Crippen LogP contribution in [0.2, 0.25) is 0 Å². The van der Waals surface area contributed by atoms with E-state index in [1.165, 1.54) is 0 Å². The third-order valence-corrected chi connectivity index (χ3v) is 5.23. The fourth-order valence-electron chi connectivity index (χ4n) is 3.47. The Morgan fingerprint density at radius 2 is 2.03 bits per heavy atom. The first-order valence-electron chi connectivity index (χ1n) is 10.5. The maximum atomic E-state index is 13.0. The van der Waals surface area contributed by atoms with Gasteiger partial charge in [-0.25, -0.2) is 4.98 Å². The second-order valence-electron chi connectivity index (χ2n) is 7.78. The van der Waals surface area contributed by atoms with Crippen molar-refractivity contribution in [2.75, 3.05) is 18.5 Å². The Morgan fingerprint density at radius 3 is 2.73 bits per heavy atom. The van der Waals surface area contributed by atoms with Crippen LogP contribution in [0.3, 0.4) is 0 Å². The van der Waals surface area contributed by atoms with E-state index in [2.05, 4.69) is 25.4 Å².